The van der Waals surface area contributed by atoms with Crippen molar-refractivity contribution in [3.63, 3.8) is 0 Å². The summed E-state index contributed by atoms with van der Waals surface area (Å²) in [6, 6.07) is 12.2. The zero-order chi connectivity index (χ0) is 17.8. The van der Waals surface area contributed by atoms with Gasteiger partial charge in [0.05, 0.1) is 11.5 Å². The summed E-state index contributed by atoms with van der Waals surface area (Å²) in [4.78, 5) is 31.3. The van der Waals surface area contributed by atoms with Crippen LogP contribution >= 0.6 is 0 Å². The molecule has 0 aliphatic heterocycles. The fraction of sp³-hybridized carbons (Fsp3) is 0.176. The number of ether oxygens (including phenoxy) is 1. The molecular formula is C17H16N4O4. The first-order valence-corrected chi connectivity index (χ1v) is 7.61. The van der Waals surface area contributed by atoms with E-state index in [1.807, 2.05) is 24.3 Å². The van der Waals surface area contributed by atoms with Crippen LogP contribution in [0.1, 0.15) is 10.5 Å². The van der Waals surface area contributed by atoms with Gasteiger partial charge in [-0.2, -0.15) is 0 Å². The van der Waals surface area contributed by atoms with E-state index in [1.165, 1.54) is 18.3 Å². The van der Waals surface area contributed by atoms with Crippen molar-refractivity contribution >= 4 is 28.4 Å². The van der Waals surface area contributed by atoms with Crippen LogP contribution < -0.4 is 4.90 Å². The molecule has 0 saturated heterocycles. The first-order chi connectivity index (χ1) is 12.1. The summed E-state index contributed by atoms with van der Waals surface area (Å²) in [6.45, 7) is 0.363. The number of para-hydroxylation sites is 1. The van der Waals surface area contributed by atoms with E-state index in [-0.39, 0.29) is 24.7 Å². The second kappa shape index (κ2) is 7.00. The van der Waals surface area contributed by atoms with Gasteiger partial charge in [-0.25, -0.2) is 9.78 Å². The Kier molecular flexibility index (Phi) is 4.60. The quantitative estimate of drug-likeness (QED) is 0.420. The van der Waals surface area contributed by atoms with Gasteiger partial charge in [0.1, 0.15) is 12.3 Å². The smallest absolute Gasteiger partial charge is 0.354 e. The molecule has 0 fully saturated rings. The van der Waals surface area contributed by atoms with Crippen molar-refractivity contribution in [1.82, 2.24) is 9.97 Å². The minimum Gasteiger partial charge on any atom is -0.459 e. The molecule has 0 amide bonds. The van der Waals surface area contributed by atoms with Gasteiger partial charge < -0.3 is 14.6 Å². The summed E-state index contributed by atoms with van der Waals surface area (Å²) < 4.78 is 5.24. The fourth-order valence-electron chi connectivity index (χ4n) is 2.47. The van der Waals surface area contributed by atoms with E-state index in [0.29, 0.717) is 5.69 Å². The summed E-state index contributed by atoms with van der Waals surface area (Å²) in [5, 5.41) is 12.0. The molecule has 0 aliphatic rings. The minimum absolute atomic E-state index is 0.0818. The Labute approximate surface area is 143 Å². The van der Waals surface area contributed by atoms with E-state index in [9.17, 15) is 14.9 Å². The predicted octanol–water partition coefficient (Wildman–Crippen LogP) is 2.76. The standard InChI is InChI=1S/C17H16N4O4/c1-20(16-15(21(23)24)7-4-8-18-16)9-10-25-17(22)14-11-12-5-2-3-6-13(12)19-14/h2-8,11,19H,9-10H2,1H3. The molecule has 3 rings (SSSR count). The zero-order valence-electron chi connectivity index (χ0n) is 13.5. The van der Waals surface area contributed by atoms with Crippen LogP contribution in [0.4, 0.5) is 11.5 Å². The third kappa shape index (κ3) is 3.57. The van der Waals surface area contributed by atoms with E-state index in [0.717, 1.165) is 10.9 Å². The molecular weight excluding hydrogens is 324 g/mol. The lowest BCUT2D eigenvalue weighted by atomic mass is 10.2. The maximum Gasteiger partial charge on any atom is 0.354 e. The SMILES string of the molecule is CN(CCOC(=O)c1cc2ccccc2[nH]1)c1ncccc1[N+](=O)[O-]. The summed E-state index contributed by atoms with van der Waals surface area (Å²) in [7, 11) is 1.66. The van der Waals surface area contributed by atoms with Crippen molar-refractivity contribution < 1.29 is 14.5 Å². The van der Waals surface area contributed by atoms with E-state index < -0.39 is 10.9 Å². The van der Waals surface area contributed by atoms with Crippen molar-refractivity contribution in [3.05, 3.63) is 64.5 Å². The lowest BCUT2D eigenvalue weighted by Crippen LogP contribution is -2.25. The Morgan fingerprint density at radius 1 is 1.32 bits per heavy atom. The predicted molar refractivity (Wildman–Crippen MR) is 92.7 cm³/mol. The Bertz CT molecular complexity index is 889. The number of nitro groups is 1. The summed E-state index contributed by atoms with van der Waals surface area (Å²) in [5.74, 6) is -0.241. The molecule has 3 aromatic rings. The van der Waals surface area contributed by atoms with Gasteiger partial charge in [0, 0.05) is 30.2 Å². The Morgan fingerprint density at radius 2 is 2.12 bits per heavy atom. The minimum atomic E-state index is -0.491. The summed E-state index contributed by atoms with van der Waals surface area (Å²) in [5.41, 5.74) is 1.13. The first-order valence-electron chi connectivity index (χ1n) is 7.61. The second-order valence-electron chi connectivity index (χ2n) is 5.43. The lowest BCUT2D eigenvalue weighted by molar-refractivity contribution is -0.384. The molecule has 128 valence electrons. The van der Waals surface area contributed by atoms with Crippen LogP contribution in [0.3, 0.4) is 0 Å². The fourth-order valence-corrected chi connectivity index (χ4v) is 2.47. The highest BCUT2D eigenvalue weighted by Gasteiger charge is 2.18. The van der Waals surface area contributed by atoms with E-state index in [2.05, 4.69) is 9.97 Å². The lowest BCUT2D eigenvalue weighted by Gasteiger charge is -2.17. The number of hydrogen-bond donors (Lipinski definition) is 1. The monoisotopic (exact) mass is 340 g/mol. The zero-order valence-corrected chi connectivity index (χ0v) is 13.5. The van der Waals surface area contributed by atoms with Crippen molar-refractivity contribution in [2.45, 2.75) is 0 Å². The van der Waals surface area contributed by atoms with Crippen LogP contribution in [-0.2, 0) is 4.74 Å². The number of pyridine rings is 1. The van der Waals surface area contributed by atoms with Gasteiger partial charge in [-0.05, 0) is 18.2 Å². The van der Waals surface area contributed by atoms with Crippen LogP contribution in [0, 0.1) is 10.1 Å². The largest absolute Gasteiger partial charge is 0.459 e. The highest BCUT2D eigenvalue weighted by Crippen LogP contribution is 2.23. The van der Waals surface area contributed by atoms with Crippen LogP contribution in [-0.4, -0.2) is 41.1 Å². The van der Waals surface area contributed by atoms with Crippen LogP contribution in [0.15, 0.2) is 48.7 Å². The number of aromatic nitrogens is 2. The highest BCUT2D eigenvalue weighted by atomic mass is 16.6. The molecule has 25 heavy (non-hydrogen) atoms. The molecule has 2 heterocycles. The molecule has 0 aliphatic carbocycles. The third-order valence-electron chi connectivity index (χ3n) is 3.73. The van der Waals surface area contributed by atoms with Gasteiger partial charge in [0.25, 0.3) is 0 Å². The molecule has 8 nitrogen and oxygen atoms in total. The average molecular weight is 340 g/mol. The average Bonchev–Trinajstić information content (AvgIpc) is 3.05. The van der Waals surface area contributed by atoms with Gasteiger partial charge in [0.2, 0.25) is 5.82 Å². The number of hydrogen-bond acceptors (Lipinski definition) is 6. The number of H-pyrrole nitrogens is 1. The number of benzene rings is 1. The number of anilines is 1. The maximum absolute atomic E-state index is 12.1. The van der Waals surface area contributed by atoms with Crippen molar-refractivity contribution in [3.8, 4) is 0 Å². The Balaban J connectivity index is 1.60. The molecule has 0 radical (unpaired) electrons. The third-order valence-corrected chi connectivity index (χ3v) is 3.73. The topological polar surface area (TPSA) is 101 Å². The van der Waals surface area contributed by atoms with E-state index in [1.54, 1.807) is 18.0 Å². The molecule has 8 heteroatoms. The molecule has 0 spiro atoms. The number of nitrogens with zero attached hydrogens (tertiary/aromatic N) is 3. The first kappa shape index (κ1) is 16.4. The van der Waals surface area contributed by atoms with Crippen molar-refractivity contribution in [1.29, 1.82) is 0 Å². The normalized spacial score (nSPS) is 10.6. The molecule has 1 N–H and O–H groups in total. The number of nitrogens with one attached hydrogen (secondary N) is 1. The van der Waals surface area contributed by atoms with Gasteiger partial charge in [-0.3, -0.25) is 10.1 Å². The maximum atomic E-state index is 12.1. The Hall–Kier alpha value is -3.42. The number of fused-ring (bicyclic) bond motifs is 1. The number of aromatic amines is 1. The van der Waals surface area contributed by atoms with Crippen LogP contribution in [0.25, 0.3) is 10.9 Å². The molecule has 0 bridgehead atoms. The van der Waals surface area contributed by atoms with E-state index in [4.69, 9.17) is 4.74 Å². The number of rotatable bonds is 6. The molecule has 0 unspecified atom stereocenters. The van der Waals surface area contributed by atoms with Gasteiger partial charge in [0.15, 0.2) is 0 Å². The van der Waals surface area contributed by atoms with Crippen molar-refractivity contribution in [2.75, 3.05) is 25.1 Å². The summed E-state index contributed by atoms with van der Waals surface area (Å²) in [6.07, 6.45) is 1.48. The van der Waals surface area contributed by atoms with Crippen LogP contribution in [0.5, 0.6) is 0 Å². The van der Waals surface area contributed by atoms with Crippen LogP contribution in [0.2, 0.25) is 0 Å². The van der Waals surface area contributed by atoms with Gasteiger partial charge >= 0.3 is 11.7 Å². The van der Waals surface area contributed by atoms with Crippen molar-refractivity contribution in [2.24, 2.45) is 0 Å². The molecule has 1 aromatic carbocycles. The van der Waals surface area contributed by atoms with Gasteiger partial charge in [-0.15, -0.1) is 0 Å². The Morgan fingerprint density at radius 3 is 2.88 bits per heavy atom. The summed E-state index contributed by atoms with van der Waals surface area (Å²) >= 11 is 0. The molecule has 2 aromatic heterocycles. The number of likely N-dealkylation sites (N-methyl/N-ethyl adjacent to an activating group) is 1. The second-order valence-corrected chi connectivity index (χ2v) is 5.43. The highest BCUT2D eigenvalue weighted by molar-refractivity contribution is 5.94. The van der Waals surface area contributed by atoms with Gasteiger partial charge in [-0.1, -0.05) is 18.2 Å². The molecule has 0 atom stereocenters. The number of carbonyl (C=O) groups excluding carboxylic acids is 1. The number of esters is 1. The number of carbonyl (C=O) groups is 1. The van der Waals surface area contributed by atoms with E-state index >= 15 is 0 Å². The molecule has 0 saturated carbocycles.